The largest absolute Gasteiger partial charge is 0.388 e. The highest BCUT2D eigenvalue weighted by atomic mass is 16.8. The fourth-order valence-electron chi connectivity index (χ4n) is 6.78. The molecule has 5 fully saturated rings. The minimum atomic E-state index is -0.896. The van der Waals surface area contributed by atoms with Crippen LogP contribution in [0.15, 0.2) is 30.3 Å². The van der Waals surface area contributed by atoms with Gasteiger partial charge in [0.05, 0.1) is 31.5 Å². The number of aliphatic hydroxyl groups is 1. The summed E-state index contributed by atoms with van der Waals surface area (Å²) >= 11 is 0. The Hall–Kier alpha value is -1.14. The maximum absolute atomic E-state index is 11.6. The third-order valence-corrected chi connectivity index (χ3v) is 8.45. The molecule has 10 atom stereocenters. The summed E-state index contributed by atoms with van der Waals surface area (Å²) in [5.41, 5.74) is 0.898. The molecule has 38 heavy (non-hydrogen) atoms. The van der Waals surface area contributed by atoms with Gasteiger partial charge < -0.3 is 43.0 Å². The molecule has 1 aromatic rings. The van der Waals surface area contributed by atoms with Crippen molar-refractivity contribution >= 4 is 0 Å². The van der Waals surface area contributed by atoms with Crippen LogP contribution in [0.3, 0.4) is 0 Å². The topological polar surface area (TPSA) is 94.1 Å². The van der Waals surface area contributed by atoms with Crippen molar-refractivity contribution in [2.75, 3.05) is 13.2 Å². The summed E-state index contributed by atoms with van der Waals surface area (Å²) in [6.45, 7) is 12.4. The Morgan fingerprint density at radius 1 is 0.737 bits per heavy atom. The van der Waals surface area contributed by atoms with Crippen molar-refractivity contribution in [1.82, 2.24) is 0 Å². The Kier molecular flexibility index (Phi) is 6.94. The smallest absolute Gasteiger partial charge is 0.184 e. The number of hydrogen-bond donors (Lipinski definition) is 1. The molecule has 1 saturated carbocycles. The average molecular weight is 535 g/mol. The van der Waals surface area contributed by atoms with E-state index in [1.54, 1.807) is 0 Å². The van der Waals surface area contributed by atoms with Gasteiger partial charge in [0.1, 0.15) is 24.4 Å². The Morgan fingerprint density at radius 3 is 2.11 bits per heavy atom. The molecule has 1 unspecified atom stereocenters. The molecule has 6 rings (SSSR count). The minimum Gasteiger partial charge on any atom is -0.388 e. The number of fused-ring (bicyclic) bond motifs is 3. The van der Waals surface area contributed by atoms with Crippen molar-refractivity contribution in [2.45, 2.75) is 121 Å². The van der Waals surface area contributed by atoms with E-state index in [-0.39, 0.29) is 30.1 Å². The van der Waals surface area contributed by atoms with Crippen LogP contribution in [0, 0.1) is 11.8 Å². The molecule has 1 N–H and O–H groups in total. The van der Waals surface area contributed by atoms with E-state index in [0.29, 0.717) is 19.6 Å². The molecule has 4 heterocycles. The van der Waals surface area contributed by atoms with Gasteiger partial charge in [-0.25, -0.2) is 0 Å². The zero-order valence-electron chi connectivity index (χ0n) is 23.2. The normalized spacial score (nSPS) is 45.3. The van der Waals surface area contributed by atoms with Crippen molar-refractivity contribution < 1.29 is 43.0 Å². The third-order valence-electron chi connectivity index (χ3n) is 8.45. The molecule has 0 amide bonds. The Bertz CT molecular complexity index is 982. The SMILES string of the molecule is CC1(C)OC[C@@H]2[C@@H](C[C@@H]3OC(c4ccccc4)O[C@H]([C@H]4COC(C)(C)O4)[C@@H]3O)C[C@H]3OC(C)(C)O[C@H]3[C@@H]2O1. The van der Waals surface area contributed by atoms with Crippen LogP contribution in [-0.4, -0.2) is 78.4 Å². The second-order valence-electron chi connectivity index (χ2n) is 12.7. The van der Waals surface area contributed by atoms with E-state index in [1.807, 2.05) is 71.9 Å². The highest BCUT2D eigenvalue weighted by Gasteiger charge is 2.58. The molecule has 9 heteroatoms. The van der Waals surface area contributed by atoms with Crippen molar-refractivity contribution in [3.8, 4) is 0 Å². The van der Waals surface area contributed by atoms with Crippen molar-refractivity contribution in [1.29, 1.82) is 0 Å². The van der Waals surface area contributed by atoms with E-state index in [4.69, 9.17) is 37.9 Å². The lowest BCUT2D eigenvalue weighted by molar-refractivity contribution is -0.332. The molecule has 1 aliphatic carbocycles. The standard InChI is InChI=1S/C29H42O9/c1-27(2)32-15-21(36-27)24-22(30)19(33-26(34-24)16-10-8-7-9-11-16)12-17-13-20-25(38-29(5,6)35-20)23-18(17)14-31-28(3,4)37-23/h7-11,17-26,30H,12-15H2,1-6H3/t17-,18+,19-,20+,21+,22+,23+,24+,25+,26?/m0/s1. The summed E-state index contributed by atoms with van der Waals surface area (Å²) in [6.07, 6.45) is -2.08. The summed E-state index contributed by atoms with van der Waals surface area (Å²) in [5.74, 6) is -1.90. The highest BCUT2D eigenvalue weighted by molar-refractivity contribution is 5.17. The summed E-state index contributed by atoms with van der Waals surface area (Å²) < 4.78 is 50.0. The molecule has 0 bridgehead atoms. The summed E-state index contributed by atoms with van der Waals surface area (Å²) in [7, 11) is 0. The van der Waals surface area contributed by atoms with E-state index < -0.39 is 48.1 Å². The van der Waals surface area contributed by atoms with Crippen LogP contribution >= 0.6 is 0 Å². The van der Waals surface area contributed by atoms with Gasteiger partial charge in [0.25, 0.3) is 0 Å². The van der Waals surface area contributed by atoms with Crippen molar-refractivity contribution in [2.24, 2.45) is 11.8 Å². The average Bonchev–Trinajstić information content (AvgIpc) is 3.37. The Labute approximate surface area is 224 Å². The molecule has 1 aromatic carbocycles. The zero-order chi connectivity index (χ0) is 26.9. The van der Waals surface area contributed by atoms with Crippen LogP contribution in [0.1, 0.15) is 66.2 Å². The maximum atomic E-state index is 11.6. The second kappa shape index (κ2) is 9.75. The first-order valence-corrected chi connectivity index (χ1v) is 13.9. The first-order chi connectivity index (χ1) is 17.9. The zero-order valence-corrected chi connectivity index (χ0v) is 23.2. The number of hydrogen-bond acceptors (Lipinski definition) is 9. The predicted molar refractivity (Wildman–Crippen MR) is 135 cm³/mol. The van der Waals surface area contributed by atoms with Crippen LogP contribution in [-0.2, 0) is 37.9 Å². The van der Waals surface area contributed by atoms with Gasteiger partial charge in [0, 0.05) is 11.5 Å². The molecular weight excluding hydrogens is 492 g/mol. The van der Waals surface area contributed by atoms with Crippen molar-refractivity contribution in [3.05, 3.63) is 35.9 Å². The van der Waals surface area contributed by atoms with E-state index in [2.05, 4.69) is 0 Å². The van der Waals surface area contributed by atoms with Crippen LogP contribution in [0.5, 0.6) is 0 Å². The molecule has 5 aliphatic rings. The van der Waals surface area contributed by atoms with Gasteiger partial charge in [-0.3, -0.25) is 0 Å². The third kappa shape index (κ3) is 5.30. The van der Waals surface area contributed by atoms with Gasteiger partial charge in [0.15, 0.2) is 23.7 Å². The number of ether oxygens (including phenoxy) is 8. The van der Waals surface area contributed by atoms with Crippen LogP contribution < -0.4 is 0 Å². The lowest BCUT2D eigenvalue weighted by Gasteiger charge is -2.51. The van der Waals surface area contributed by atoms with Gasteiger partial charge in [-0.05, 0) is 60.3 Å². The van der Waals surface area contributed by atoms with E-state index in [1.165, 1.54) is 0 Å². The van der Waals surface area contributed by atoms with Gasteiger partial charge >= 0.3 is 0 Å². The van der Waals surface area contributed by atoms with Crippen molar-refractivity contribution in [3.63, 3.8) is 0 Å². The van der Waals surface area contributed by atoms with Crippen LogP contribution in [0.4, 0.5) is 0 Å². The molecule has 0 spiro atoms. The molecule has 0 aromatic heterocycles. The lowest BCUT2D eigenvalue weighted by Crippen LogP contribution is -2.60. The van der Waals surface area contributed by atoms with Gasteiger partial charge in [0.2, 0.25) is 0 Å². The van der Waals surface area contributed by atoms with Gasteiger partial charge in [-0.15, -0.1) is 0 Å². The fourth-order valence-corrected chi connectivity index (χ4v) is 6.78. The first kappa shape index (κ1) is 27.1. The van der Waals surface area contributed by atoms with E-state index in [9.17, 15) is 5.11 Å². The summed E-state index contributed by atoms with van der Waals surface area (Å²) in [5, 5.41) is 11.6. The van der Waals surface area contributed by atoms with Crippen LogP contribution in [0.2, 0.25) is 0 Å². The summed E-state index contributed by atoms with van der Waals surface area (Å²) in [6, 6.07) is 9.83. The molecule has 0 radical (unpaired) electrons. The van der Waals surface area contributed by atoms with E-state index >= 15 is 0 Å². The maximum Gasteiger partial charge on any atom is 0.184 e. The Balaban J connectivity index is 1.26. The summed E-state index contributed by atoms with van der Waals surface area (Å²) in [4.78, 5) is 0. The fraction of sp³-hybridized carbons (Fsp3) is 0.793. The molecular formula is C29H42O9. The second-order valence-corrected chi connectivity index (χ2v) is 12.7. The number of aliphatic hydroxyl groups excluding tert-OH is 1. The molecule has 4 aliphatic heterocycles. The first-order valence-electron chi connectivity index (χ1n) is 13.9. The highest BCUT2D eigenvalue weighted by Crippen LogP contribution is 2.49. The number of rotatable bonds is 4. The monoisotopic (exact) mass is 534 g/mol. The lowest BCUT2D eigenvalue weighted by atomic mass is 9.71. The van der Waals surface area contributed by atoms with Gasteiger partial charge in [-0.1, -0.05) is 30.3 Å². The minimum absolute atomic E-state index is 0.0824. The quantitative estimate of drug-likeness (QED) is 0.621. The molecule has 4 saturated heterocycles. The van der Waals surface area contributed by atoms with Crippen LogP contribution in [0.25, 0.3) is 0 Å². The molecule has 212 valence electrons. The Morgan fingerprint density at radius 2 is 1.39 bits per heavy atom. The van der Waals surface area contributed by atoms with Gasteiger partial charge in [-0.2, -0.15) is 0 Å². The number of benzene rings is 1. The van der Waals surface area contributed by atoms with E-state index in [0.717, 1.165) is 12.0 Å². The predicted octanol–water partition coefficient (Wildman–Crippen LogP) is 3.68. The molecule has 9 nitrogen and oxygen atoms in total.